The molecule has 2 rings (SSSR count). The SMILES string of the molecule is Cl.NCC1CN(C2CC2)C1. The molecule has 1 saturated heterocycles. The third kappa shape index (κ3) is 1.44. The first-order valence-corrected chi connectivity index (χ1v) is 3.84. The van der Waals surface area contributed by atoms with E-state index in [1.807, 2.05) is 0 Å². The van der Waals surface area contributed by atoms with Gasteiger partial charge in [0.15, 0.2) is 0 Å². The summed E-state index contributed by atoms with van der Waals surface area (Å²) in [6.45, 7) is 3.45. The molecule has 2 fully saturated rings. The minimum Gasteiger partial charge on any atom is -0.330 e. The van der Waals surface area contributed by atoms with Crippen molar-refractivity contribution in [3.05, 3.63) is 0 Å². The van der Waals surface area contributed by atoms with Crippen molar-refractivity contribution in [3.8, 4) is 0 Å². The van der Waals surface area contributed by atoms with E-state index in [-0.39, 0.29) is 12.4 Å². The smallest absolute Gasteiger partial charge is 0.00966 e. The molecule has 0 aromatic heterocycles. The molecule has 0 aromatic carbocycles. The Labute approximate surface area is 68.2 Å². The van der Waals surface area contributed by atoms with Crippen LogP contribution in [0, 0.1) is 5.92 Å². The maximum absolute atomic E-state index is 5.49. The molecule has 1 aliphatic carbocycles. The Bertz CT molecular complexity index is 108. The number of nitrogens with two attached hydrogens (primary N) is 1. The molecule has 0 radical (unpaired) electrons. The highest BCUT2D eigenvalue weighted by Gasteiger charge is 2.36. The largest absolute Gasteiger partial charge is 0.330 e. The van der Waals surface area contributed by atoms with Gasteiger partial charge in [0, 0.05) is 19.1 Å². The molecule has 1 heterocycles. The summed E-state index contributed by atoms with van der Waals surface area (Å²) in [6.07, 6.45) is 2.88. The van der Waals surface area contributed by atoms with Crippen molar-refractivity contribution in [1.82, 2.24) is 4.90 Å². The molecule has 60 valence electrons. The lowest BCUT2D eigenvalue weighted by Gasteiger charge is -2.38. The Hall–Kier alpha value is 0.210. The number of halogens is 1. The van der Waals surface area contributed by atoms with Crippen molar-refractivity contribution in [3.63, 3.8) is 0 Å². The van der Waals surface area contributed by atoms with E-state index >= 15 is 0 Å². The molecule has 2 nitrogen and oxygen atoms in total. The van der Waals surface area contributed by atoms with Crippen molar-refractivity contribution in [2.45, 2.75) is 18.9 Å². The van der Waals surface area contributed by atoms with Gasteiger partial charge in [-0.25, -0.2) is 0 Å². The predicted octanol–water partition coefficient (Wildman–Crippen LogP) is 0.461. The number of hydrogen-bond acceptors (Lipinski definition) is 2. The Balaban J connectivity index is 0.000000500. The van der Waals surface area contributed by atoms with Gasteiger partial charge in [0.2, 0.25) is 0 Å². The Morgan fingerprint density at radius 2 is 1.90 bits per heavy atom. The van der Waals surface area contributed by atoms with Crippen LogP contribution in [0.3, 0.4) is 0 Å². The molecule has 3 heteroatoms. The van der Waals surface area contributed by atoms with Gasteiger partial charge in [-0.05, 0) is 25.3 Å². The number of hydrogen-bond donors (Lipinski definition) is 1. The van der Waals surface area contributed by atoms with Crippen molar-refractivity contribution >= 4 is 12.4 Å². The van der Waals surface area contributed by atoms with Crippen molar-refractivity contribution in [1.29, 1.82) is 0 Å². The molecule has 0 atom stereocenters. The second-order valence-corrected chi connectivity index (χ2v) is 3.29. The molecule has 0 spiro atoms. The molecule has 0 bridgehead atoms. The molecule has 0 aromatic rings. The average molecular weight is 163 g/mol. The monoisotopic (exact) mass is 162 g/mol. The first-order chi connectivity index (χ1) is 4.40. The number of likely N-dealkylation sites (tertiary alicyclic amines) is 1. The van der Waals surface area contributed by atoms with Gasteiger partial charge in [-0.1, -0.05) is 0 Å². The molecule has 1 aliphatic heterocycles. The molecular weight excluding hydrogens is 148 g/mol. The van der Waals surface area contributed by atoms with E-state index in [9.17, 15) is 0 Å². The minimum absolute atomic E-state index is 0. The molecule has 0 amide bonds. The van der Waals surface area contributed by atoms with E-state index in [4.69, 9.17) is 5.73 Å². The van der Waals surface area contributed by atoms with Crippen LogP contribution in [0.2, 0.25) is 0 Å². The van der Waals surface area contributed by atoms with Crippen molar-refractivity contribution in [2.75, 3.05) is 19.6 Å². The first kappa shape index (κ1) is 8.31. The minimum atomic E-state index is 0. The standard InChI is InChI=1S/C7H14N2.ClH/c8-3-6-4-9(5-6)7-1-2-7;/h6-7H,1-5,8H2;1H. The molecule has 1 saturated carbocycles. The van der Waals surface area contributed by atoms with E-state index in [2.05, 4.69) is 4.90 Å². The summed E-state index contributed by atoms with van der Waals surface area (Å²) >= 11 is 0. The fraction of sp³-hybridized carbons (Fsp3) is 1.00. The second kappa shape index (κ2) is 3.07. The summed E-state index contributed by atoms with van der Waals surface area (Å²) in [6, 6.07) is 0.966. The Kier molecular flexibility index (Phi) is 2.55. The van der Waals surface area contributed by atoms with E-state index in [0.717, 1.165) is 18.5 Å². The Morgan fingerprint density at radius 1 is 1.30 bits per heavy atom. The summed E-state index contributed by atoms with van der Waals surface area (Å²) in [5.74, 6) is 0.825. The summed E-state index contributed by atoms with van der Waals surface area (Å²) < 4.78 is 0. The van der Waals surface area contributed by atoms with Crippen LogP contribution in [0.5, 0.6) is 0 Å². The zero-order chi connectivity index (χ0) is 6.27. The predicted molar refractivity (Wildman–Crippen MR) is 44.4 cm³/mol. The summed E-state index contributed by atoms with van der Waals surface area (Å²) in [7, 11) is 0. The van der Waals surface area contributed by atoms with Gasteiger partial charge in [-0.15, -0.1) is 12.4 Å². The lowest BCUT2D eigenvalue weighted by Crippen LogP contribution is -2.50. The first-order valence-electron chi connectivity index (χ1n) is 3.84. The summed E-state index contributed by atoms with van der Waals surface area (Å²) in [5.41, 5.74) is 5.49. The van der Waals surface area contributed by atoms with Crippen molar-refractivity contribution in [2.24, 2.45) is 11.7 Å². The van der Waals surface area contributed by atoms with Gasteiger partial charge in [-0.3, -0.25) is 4.90 Å². The molecule has 2 N–H and O–H groups in total. The summed E-state index contributed by atoms with van der Waals surface area (Å²) in [4.78, 5) is 2.55. The average Bonchev–Trinajstić information content (AvgIpc) is 2.46. The maximum Gasteiger partial charge on any atom is 0.00966 e. The number of rotatable bonds is 2. The molecule has 2 aliphatic rings. The van der Waals surface area contributed by atoms with Crippen LogP contribution in [0.25, 0.3) is 0 Å². The van der Waals surface area contributed by atoms with Crippen LogP contribution in [0.4, 0.5) is 0 Å². The van der Waals surface area contributed by atoms with Crippen LogP contribution in [-0.2, 0) is 0 Å². The maximum atomic E-state index is 5.49. The van der Waals surface area contributed by atoms with Crippen LogP contribution < -0.4 is 5.73 Å². The zero-order valence-corrected chi connectivity index (χ0v) is 6.94. The van der Waals surface area contributed by atoms with Gasteiger partial charge in [0.25, 0.3) is 0 Å². The van der Waals surface area contributed by atoms with E-state index in [1.165, 1.54) is 25.9 Å². The number of nitrogens with zero attached hydrogens (tertiary/aromatic N) is 1. The van der Waals surface area contributed by atoms with Crippen LogP contribution in [-0.4, -0.2) is 30.6 Å². The topological polar surface area (TPSA) is 29.3 Å². The van der Waals surface area contributed by atoms with Crippen LogP contribution in [0.15, 0.2) is 0 Å². The van der Waals surface area contributed by atoms with Gasteiger partial charge in [0.1, 0.15) is 0 Å². The normalized spacial score (nSPS) is 27.3. The van der Waals surface area contributed by atoms with Crippen LogP contribution >= 0.6 is 12.4 Å². The highest BCUT2D eigenvalue weighted by atomic mass is 35.5. The van der Waals surface area contributed by atoms with Gasteiger partial charge in [-0.2, -0.15) is 0 Å². The van der Waals surface area contributed by atoms with E-state index in [0.29, 0.717) is 0 Å². The molecule has 0 unspecified atom stereocenters. The van der Waals surface area contributed by atoms with Gasteiger partial charge in [0.05, 0.1) is 0 Å². The fourth-order valence-corrected chi connectivity index (χ4v) is 1.50. The third-order valence-corrected chi connectivity index (χ3v) is 2.38. The quantitative estimate of drug-likeness (QED) is 0.640. The zero-order valence-electron chi connectivity index (χ0n) is 6.12. The van der Waals surface area contributed by atoms with Crippen molar-refractivity contribution < 1.29 is 0 Å². The van der Waals surface area contributed by atoms with Gasteiger partial charge < -0.3 is 5.73 Å². The third-order valence-electron chi connectivity index (χ3n) is 2.38. The van der Waals surface area contributed by atoms with Crippen LogP contribution in [0.1, 0.15) is 12.8 Å². The lowest BCUT2D eigenvalue weighted by molar-refractivity contribution is 0.0973. The van der Waals surface area contributed by atoms with Gasteiger partial charge >= 0.3 is 0 Å². The molecular formula is C7H15ClN2. The van der Waals surface area contributed by atoms with E-state index < -0.39 is 0 Å². The fourth-order valence-electron chi connectivity index (χ4n) is 1.50. The highest BCUT2D eigenvalue weighted by molar-refractivity contribution is 5.85. The second-order valence-electron chi connectivity index (χ2n) is 3.29. The Morgan fingerprint density at radius 3 is 2.30 bits per heavy atom. The lowest BCUT2D eigenvalue weighted by atomic mass is 10.0. The highest BCUT2D eigenvalue weighted by Crippen LogP contribution is 2.32. The molecule has 10 heavy (non-hydrogen) atoms. The van der Waals surface area contributed by atoms with E-state index in [1.54, 1.807) is 0 Å². The summed E-state index contributed by atoms with van der Waals surface area (Å²) in [5, 5.41) is 0.